The fourth-order valence-corrected chi connectivity index (χ4v) is 1.68. The molecule has 2 N–H and O–H groups in total. The Hall–Kier alpha value is -1.88. The number of fused-ring (bicyclic) bond motifs is 1. The van der Waals surface area contributed by atoms with Crippen LogP contribution < -0.4 is 0 Å². The lowest BCUT2D eigenvalue weighted by Gasteiger charge is -1.97. The first-order valence-electron chi connectivity index (χ1n) is 4.92. The van der Waals surface area contributed by atoms with Crippen molar-refractivity contribution in [1.82, 2.24) is 15.0 Å². The maximum absolute atomic E-state index is 9.40. The molecular weight excluding hydrogens is 282 g/mol. The minimum Gasteiger partial charge on any atom is -0.508 e. The third-order valence-corrected chi connectivity index (χ3v) is 2.42. The van der Waals surface area contributed by atoms with E-state index in [1.807, 2.05) is 12.1 Å². The number of aromatic amines is 1. The van der Waals surface area contributed by atoms with Crippen molar-refractivity contribution in [2.24, 2.45) is 0 Å². The van der Waals surface area contributed by atoms with E-state index in [-0.39, 0.29) is 22.7 Å². The van der Waals surface area contributed by atoms with Gasteiger partial charge < -0.3 is 10.1 Å². The first kappa shape index (κ1) is 11.6. The van der Waals surface area contributed by atoms with Crippen molar-refractivity contribution in [2.45, 2.75) is 0 Å². The second-order valence-electron chi connectivity index (χ2n) is 3.52. The summed E-state index contributed by atoms with van der Waals surface area (Å²) in [6.07, 6.45) is 3.30. The Balaban J connectivity index is 0.00000108. The van der Waals surface area contributed by atoms with E-state index >= 15 is 0 Å². The van der Waals surface area contributed by atoms with Crippen LogP contribution in [0.3, 0.4) is 0 Å². The molecule has 3 rings (SSSR count). The van der Waals surface area contributed by atoms with E-state index in [4.69, 9.17) is 0 Å². The lowest BCUT2D eigenvalue weighted by molar-refractivity contribution is 0.475. The molecule has 0 aliphatic carbocycles. The molecule has 2 aromatic heterocycles. The molecule has 3 aromatic rings. The van der Waals surface area contributed by atoms with Crippen molar-refractivity contribution in [3.63, 3.8) is 0 Å². The summed E-state index contributed by atoms with van der Waals surface area (Å²) in [5.74, 6) is 0.247. The highest BCUT2D eigenvalue weighted by molar-refractivity contribution is 8.93. The number of nitrogens with one attached hydrogen (secondary N) is 1. The van der Waals surface area contributed by atoms with Gasteiger partial charge in [-0.05, 0) is 18.2 Å². The van der Waals surface area contributed by atoms with Gasteiger partial charge in [0.05, 0.1) is 0 Å². The standard InChI is InChI=1S/C12H9N3O.BrH/c16-9-3-1-2-8(6-9)10-7-11-12(15-10)14-5-4-13-11;/h1-7,16H,(H,14,15);1H. The van der Waals surface area contributed by atoms with Gasteiger partial charge in [0.1, 0.15) is 11.3 Å². The molecule has 1 aromatic carbocycles. The molecular formula is C12H10BrN3O. The zero-order valence-electron chi connectivity index (χ0n) is 8.79. The van der Waals surface area contributed by atoms with Crippen molar-refractivity contribution in [1.29, 1.82) is 0 Å². The largest absolute Gasteiger partial charge is 0.508 e. The Bertz CT molecular complexity index is 618. The molecule has 0 atom stereocenters. The zero-order chi connectivity index (χ0) is 11.0. The van der Waals surface area contributed by atoms with Crippen LogP contribution >= 0.6 is 17.0 Å². The van der Waals surface area contributed by atoms with Gasteiger partial charge in [-0.3, -0.25) is 4.98 Å². The molecule has 86 valence electrons. The monoisotopic (exact) mass is 291 g/mol. The number of phenolic OH excluding ortho intramolecular Hbond substituents is 1. The molecule has 0 saturated carbocycles. The minimum atomic E-state index is 0. The van der Waals surface area contributed by atoms with Crippen molar-refractivity contribution >= 4 is 28.1 Å². The zero-order valence-corrected chi connectivity index (χ0v) is 10.5. The SMILES string of the molecule is Br.Oc1cccc(-c2cc3nccnc3[nH]2)c1. The fourth-order valence-electron chi connectivity index (χ4n) is 1.68. The van der Waals surface area contributed by atoms with E-state index in [0.717, 1.165) is 22.4 Å². The molecule has 17 heavy (non-hydrogen) atoms. The van der Waals surface area contributed by atoms with Gasteiger partial charge in [0.25, 0.3) is 0 Å². The summed E-state index contributed by atoms with van der Waals surface area (Å²) in [6.45, 7) is 0. The average molecular weight is 292 g/mol. The Labute approximate surface area is 108 Å². The summed E-state index contributed by atoms with van der Waals surface area (Å²) in [6, 6.07) is 8.98. The summed E-state index contributed by atoms with van der Waals surface area (Å²) in [5, 5.41) is 9.40. The molecule has 2 heterocycles. The van der Waals surface area contributed by atoms with Gasteiger partial charge >= 0.3 is 0 Å². The molecule has 5 heteroatoms. The molecule has 0 aliphatic heterocycles. The van der Waals surface area contributed by atoms with E-state index in [1.165, 1.54) is 0 Å². The summed E-state index contributed by atoms with van der Waals surface area (Å²) in [4.78, 5) is 11.5. The van der Waals surface area contributed by atoms with E-state index < -0.39 is 0 Å². The number of hydrogen-bond acceptors (Lipinski definition) is 3. The van der Waals surface area contributed by atoms with Crippen LogP contribution in [0.2, 0.25) is 0 Å². The number of hydrogen-bond donors (Lipinski definition) is 2. The molecule has 0 aliphatic rings. The predicted molar refractivity (Wildman–Crippen MR) is 71.3 cm³/mol. The highest BCUT2D eigenvalue weighted by atomic mass is 79.9. The first-order valence-corrected chi connectivity index (χ1v) is 4.92. The van der Waals surface area contributed by atoms with Gasteiger partial charge in [-0.15, -0.1) is 17.0 Å². The number of halogens is 1. The molecule has 0 spiro atoms. The topological polar surface area (TPSA) is 61.8 Å². The van der Waals surface area contributed by atoms with Crippen LogP contribution in [0.1, 0.15) is 0 Å². The van der Waals surface area contributed by atoms with Gasteiger partial charge in [0.2, 0.25) is 0 Å². The van der Waals surface area contributed by atoms with Crippen molar-refractivity contribution in [3.05, 3.63) is 42.7 Å². The fraction of sp³-hybridized carbons (Fsp3) is 0. The molecule has 0 fully saturated rings. The third kappa shape index (κ3) is 2.14. The quantitative estimate of drug-likeness (QED) is 0.725. The van der Waals surface area contributed by atoms with E-state index in [1.54, 1.807) is 30.6 Å². The summed E-state index contributed by atoms with van der Waals surface area (Å²) in [7, 11) is 0. The van der Waals surface area contributed by atoms with Crippen LogP contribution in [0.15, 0.2) is 42.7 Å². The molecule has 4 nitrogen and oxygen atoms in total. The number of aromatic nitrogens is 3. The maximum atomic E-state index is 9.40. The minimum absolute atomic E-state index is 0. The van der Waals surface area contributed by atoms with Crippen LogP contribution in [-0.4, -0.2) is 20.1 Å². The van der Waals surface area contributed by atoms with Gasteiger partial charge in [0, 0.05) is 23.7 Å². The summed E-state index contributed by atoms with van der Waals surface area (Å²) < 4.78 is 0. The molecule has 0 radical (unpaired) electrons. The van der Waals surface area contributed by atoms with Crippen molar-refractivity contribution in [3.8, 4) is 17.0 Å². The van der Waals surface area contributed by atoms with Crippen LogP contribution in [0.5, 0.6) is 5.75 Å². The number of benzene rings is 1. The normalized spacial score (nSPS) is 10.1. The van der Waals surface area contributed by atoms with E-state index in [9.17, 15) is 5.11 Å². The second kappa shape index (κ2) is 4.55. The summed E-state index contributed by atoms with van der Waals surface area (Å²) >= 11 is 0. The molecule has 0 amide bonds. The van der Waals surface area contributed by atoms with Gasteiger partial charge in [-0.2, -0.15) is 0 Å². The van der Waals surface area contributed by atoms with Crippen LogP contribution in [0.25, 0.3) is 22.4 Å². The third-order valence-electron chi connectivity index (χ3n) is 2.42. The smallest absolute Gasteiger partial charge is 0.156 e. The Morgan fingerprint density at radius 2 is 1.88 bits per heavy atom. The number of nitrogens with zero attached hydrogens (tertiary/aromatic N) is 2. The van der Waals surface area contributed by atoms with Gasteiger partial charge in [0.15, 0.2) is 5.65 Å². The number of H-pyrrole nitrogens is 1. The lowest BCUT2D eigenvalue weighted by atomic mass is 10.1. The number of phenols is 1. The number of rotatable bonds is 1. The van der Waals surface area contributed by atoms with Crippen LogP contribution in [-0.2, 0) is 0 Å². The van der Waals surface area contributed by atoms with Crippen molar-refractivity contribution in [2.75, 3.05) is 0 Å². The number of aromatic hydroxyl groups is 1. The van der Waals surface area contributed by atoms with E-state index in [0.29, 0.717) is 0 Å². The lowest BCUT2D eigenvalue weighted by Crippen LogP contribution is -1.78. The molecule has 0 bridgehead atoms. The summed E-state index contributed by atoms with van der Waals surface area (Å²) in [5.41, 5.74) is 3.39. The highest BCUT2D eigenvalue weighted by Gasteiger charge is 2.04. The van der Waals surface area contributed by atoms with Crippen molar-refractivity contribution < 1.29 is 5.11 Å². The van der Waals surface area contributed by atoms with E-state index in [2.05, 4.69) is 15.0 Å². The molecule has 0 unspecified atom stereocenters. The molecule has 0 saturated heterocycles. The highest BCUT2D eigenvalue weighted by Crippen LogP contribution is 2.24. The van der Waals surface area contributed by atoms with Crippen LogP contribution in [0.4, 0.5) is 0 Å². The Morgan fingerprint density at radius 1 is 1.06 bits per heavy atom. The average Bonchev–Trinajstić information content (AvgIpc) is 2.72. The Morgan fingerprint density at radius 3 is 2.65 bits per heavy atom. The van der Waals surface area contributed by atoms with Crippen LogP contribution in [0, 0.1) is 0 Å². The van der Waals surface area contributed by atoms with Gasteiger partial charge in [-0.1, -0.05) is 12.1 Å². The second-order valence-corrected chi connectivity index (χ2v) is 3.52. The first-order chi connectivity index (χ1) is 7.83. The predicted octanol–water partition coefficient (Wildman–Crippen LogP) is 2.91. The van der Waals surface area contributed by atoms with Gasteiger partial charge in [-0.25, -0.2) is 4.98 Å². The Kier molecular flexibility index (Phi) is 3.10. The maximum Gasteiger partial charge on any atom is 0.156 e.